The van der Waals surface area contributed by atoms with Crippen molar-refractivity contribution in [3.05, 3.63) is 58.0 Å². The van der Waals surface area contributed by atoms with E-state index < -0.39 is 0 Å². The molecule has 2 aromatic carbocycles. The Morgan fingerprint density at radius 2 is 1.80 bits per heavy atom. The van der Waals surface area contributed by atoms with Gasteiger partial charge in [-0.15, -0.1) is 0 Å². The van der Waals surface area contributed by atoms with E-state index >= 15 is 0 Å². The first-order valence-electron chi connectivity index (χ1n) is 9.81. The van der Waals surface area contributed by atoms with Gasteiger partial charge in [0.2, 0.25) is 0 Å². The van der Waals surface area contributed by atoms with Gasteiger partial charge in [0.1, 0.15) is 10.1 Å². The number of nitrogens with one attached hydrogen (secondary N) is 1. The standard InChI is InChI=1S/C23H25NO4S2/c1-4-26-20-13-17(14-21-22(25)24-23(29)30-21)9-10-19(20)28-12-6-11-27-18-8-5-7-15(2)16(18)3/h5,7-10,13-14H,4,6,11-12H2,1-3H3,(H,24,25,29)/b21-14+. The number of carbonyl (C=O) groups is 1. The van der Waals surface area contributed by atoms with Crippen LogP contribution in [0.2, 0.25) is 0 Å². The summed E-state index contributed by atoms with van der Waals surface area (Å²) in [4.78, 5) is 12.4. The molecule has 0 unspecified atom stereocenters. The third kappa shape index (κ3) is 5.77. The van der Waals surface area contributed by atoms with Gasteiger partial charge in [0.15, 0.2) is 11.5 Å². The summed E-state index contributed by atoms with van der Waals surface area (Å²) >= 11 is 6.28. The lowest BCUT2D eigenvalue weighted by Gasteiger charge is -2.14. The number of amides is 1. The Hall–Kier alpha value is -2.51. The molecule has 0 spiro atoms. The Morgan fingerprint density at radius 3 is 2.50 bits per heavy atom. The highest BCUT2D eigenvalue weighted by atomic mass is 32.2. The van der Waals surface area contributed by atoms with Crippen LogP contribution < -0.4 is 19.5 Å². The quantitative estimate of drug-likeness (QED) is 0.333. The van der Waals surface area contributed by atoms with Crippen LogP contribution in [0.25, 0.3) is 6.08 Å². The van der Waals surface area contributed by atoms with E-state index in [1.807, 2.05) is 37.3 Å². The summed E-state index contributed by atoms with van der Waals surface area (Å²) in [6.45, 7) is 7.67. The van der Waals surface area contributed by atoms with E-state index in [0.29, 0.717) is 40.5 Å². The average Bonchev–Trinajstić information content (AvgIpc) is 3.03. The fraction of sp³-hybridized carbons (Fsp3) is 0.304. The van der Waals surface area contributed by atoms with Crippen LogP contribution in [0.15, 0.2) is 41.3 Å². The Balaban J connectivity index is 1.57. The number of thiocarbonyl (C=S) groups is 1. The van der Waals surface area contributed by atoms with Crippen LogP contribution in [0.1, 0.15) is 30.0 Å². The topological polar surface area (TPSA) is 56.8 Å². The van der Waals surface area contributed by atoms with Gasteiger partial charge in [-0.3, -0.25) is 4.79 Å². The Bertz CT molecular complexity index is 972. The van der Waals surface area contributed by atoms with Crippen LogP contribution in [-0.4, -0.2) is 30.0 Å². The van der Waals surface area contributed by atoms with Gasteiger partial charge in [0, 0.05) is 6.42 Å². The summed E-state index contributed by atoms with van der Waals surface area (Å²) < 4.78 is 18.0. The number of benzene rings is 2. The van der Waals surface area contributed by atoms with Gasteiger partial charge in [0.25, 0.3) is 5.91 Å². The number of carbonyl (C=O) groups excluding carboxylic acids is 1. The summed E-state index contributed by atoms with van der Waals surface area (Å²) in [6.07, 6.45) is 2.54. The van der Waals surface area contributed by atoms with E-state index in [9.17, 15) is 4.79 Å². The van der Waals surface area contributed by atoms with E-state index in [1.165, 1.54) is 17.3 Å². The predicted molar refractivity (Wildman–Crippen MR) is 125 cm³/mol. The highest BCUT2D eigenvalue weighted by Crippen LogP contribution is 2.32. The lowest BCUT2D eigenvalue weighted by atomic mass is 10.1. The lowest BCUT2D eigenvalue weighted by Crippen LogP contribution is -2.17. The maximum absolute atomic E-state index is 11.9. The van der Waals surface area contributed by atoms with Crippen molar-refractivity contribution in [2.45, 2.75) is 27.2 Å². The summed E-state index contributed by atoms with van der Waals surface area (Å²) in [5.74, 6) is 2.06. The third-order valence-corrected chi connectivity index (χ3v) is 5.73. The van der Waals surface area contributed by atoms with E-state index in [1.54, 1.807) is 6.08 Å². The highest BCUT2D eigenvalue weighted by Gasteiger charge is 2.22. The monoisotopic (exact) mass is 443 g/mol. The zero-order chi connectivity index (χ0) is 21.5. The zero-order valence-corrected chi connectivity index (χ0v) is 19.0. The second-order valence-electron chi connectivity index (χ2n) is 6.74. The van der Waals surface area contributed by atoms with Crippen LogP contribution in [-0.2, 0) is 4.79 Å². The first-order chi connectivity index (χ1) is 14.5. The minimum absolute atomic E-state index is 0.174. The number of thioether (sulfide) groups is 1. The second-order valence-corrected chi connectivity index (χ2v) is 8.46. The number of aryl methyl sites for hydroxylation is 1. The van der Waals surface area contributed by atoms with Crippen molar-refractivity contribution in [3.63, 3.8) is 0 Å². The van der Waals surface area contributed by atoms with E-state index in [0.717, 1.165) is 23.3 Å². The molecule has 1 N–H and O–H groups in total. The first-order valence-corrected chi connectivity index (χ1v) is 11.0. The average molecular weight is 444 g/mol. The normalized spacial score (nSPS) is 14.7. The molecule has 158 valence electrons. The largest absolute Gasteiger partial charge is 0.493 e. The molecule has 1 amide bonds. The molecule has 5 nitrogen and oxygen atoms in total. The molecule has 0 aliphatic carbocycles. The van der Waals surface area contributed by atoms with Crippen molar-refractivity contribution in [1.82, 2.24) is 5.32 Å². The van der Waals surface area contributed by atoms with Crippen molar-refractivity contribution in [2.75, 3.05) is 19.8 Å². The Kier molecular flexibility index (Phi) is 7.76. The summed E-state index contributed by atoms with van der Waals surface area (Å²) in [5, 5.41) is 2.62. The van der Waals surface area contributed by atoms with Crippen molar-refractivity contribution in [2.24, 2.45) is 0 Å². The Morgan fingerprint density at radius 1 is 1.03 bits per heavy atom. The van der Waals surface area contributed by atoms with E-state index in [2.05, 4.69) is 25.2 Å². The fourth-order valence-corrected chi connectivity index (χ4v) is 3.92. The molecule has 1 saturated heterocycles. The van der Waals surface area contributed by atoms with Crippen LogP contribution >= 0.6 is 24.0 Å². The molecule has 1 aliphatic rings. The Labute approximate surface area is 186 Å². The molecule has 0 saturated carbocycles. The number of hydrogen-bond donors (Lipinski definition) is 1. The van der Waals surface area contributed by atoms with Gasteiger partial charge in [-0.2, -0.15) is 0 Å². The molecular weight excluding hydrogens is 418 g/mol. The van der Waals surface area contributed by atoms with Gasteiger partial charge in [0.05, 0.1) is 24.7 Å². The summed E-state index contributed by atoms with van der Waals surface area (Å²) in [7, 11) is 0. The van der Waals surface area contributed by atoms with Gasteiger partial charge in [-0.25, -0.2) is 0 Å². The molecule has 0 atom stereocenters. The summed E-state index contributed by atoms with van der Waals surface area (Å²) in [6, 6.07) is 11.7. The third-order valence-electron chi connectivity index (χ3n) is 4.57. The molecule has 0 radical (unpaired) electrons. The van der Waals surface area contributed by atoms with Crippen LogP contribution in [0.4, 0.5) is 0 Å². The molecule has 1 fully saturated rings. The molecule has 3 rings (SSSR count). The minimum atomic E-state index is -0.174. The lowest BCUT2D eigenvalue weighted by molar-refractivity contribution is -0.115. The molecule has 1 heterocycles. The molecule has 30 heavy (non-hydrogen) atoms. The van der Waals surface area contributed by atoms with E-state index in [-0.39, 0.29) is 5.91 Å². The number of rotatable bonds is 9. The minimum Gasteiger partial charge on any atom is -0.493 e. The van der Waals surface area contributed by atoms with Crippen molar-refractivity contribution in [1.29, 1.82) is 0 Å². The number of hydrogen-bond acceptors (Lipinski definition) is 6. The van der Waals surface area contributed by atoms with E-state index in [4.69, 9.17) is 26.4 Å². The summed E-state index contributed by atoms with van der Waals surface area (Å²) in [5.41, 5.74) is 3.23. The molecule has 0 aromatic heterocycles. The fourth-order valence-electron chi connectivity index (χ4n) is 2.88. The maximum Gasteiger partial charge on any atom is 0.263 e. The molecule has 0 bridgehead atoms. The van der Waals surface area contributed by atoms with Crippen molar-refractivity contribution >= 4 is 40.3 Å². The smallest absolute Gasteiger partial charge is 0.263 e. The van der Waals surface area contributed by atoms with Gasteiger partial charge in [-0.1, -0.05) is 42.2 Å². The molecule has 2 aromatic rings. The zero-order valence-electron chi connectivity index (χ0n) is 17.3. The molecular formula is C23H25NO4S2. The van der Waals surface area contributed by atoms with Gasteiger partial charge < -0.3 is 19.5 Å². The van der Waals surface area contributed by atoms with Crippen LogP contribution in [0, 0.1) is 13.8 Å². The highest BCUT2D eigenvalue weighted by molar-refractivity contribution is 8.26. The second kappa shape index (κ2) is 10.5. The van der Waals surface area contributed by atoms with Gasteiger partial charge >= 0.3 is 0 Å². The maximum atomic E-state index is 11.9. The molecule has 1 aliphatic heterocycles. The number of ether oxygens (including phenoxy) is 3. The van der Waals surface area contributed by atoms with Gasteiger partial charge in [-0.05, 0) is 61.7 Å². The predicted octanol–water partition coefficient (Wildman–Crippen LogP) is 5.04. The van der Waals surface area contributed by atoms with Crippen molar-refractivity contribution in [3.8, 4) is 17.2 Å². The molecule has 7 heteroatoms. The van der Waals surface area contributed by atoms with Crippen LogP contribution in [0.5, 0.6) is 17.2 Å². The van der Waals surface area contributed by atoms with Crippen molar-refractivity contribution < 1.29 is 19.0 Å². The SMILES string of the molecule is CCOc1cc(/C=C2/SC(=S)NC2=O)ccc1OCCCOc1cccc(C)c1C. The first kappa shape index (κ1) is 22.2. The van der Waals surface area contributed by atoms with Crippen LogP contribution in [0.3, 0.4) is 0 Å².